The van der Waals surface area contributed by atoms with Crippen molar-refractivity contribution in [3.63, 3.8) is 0 Å². The van der Waals surface area contributed by atoms with Gasteiger partial charge in [-0.2, -0.15) is 0 Å². The fraction of sp³-hybridized carbons (Fsp3) is 0.588. The van der Waals surface area contributed by atoms with E-state index in [9.17, 15) is 4.79 Å². The molecule has 0 aliphatic heterocycles. The maximum atomic E-state index is 11.5. The predicted octanol–water partition coefficient (Wildman–Crippen LogP) is 4.33. The first-order valence-electron chi connectivity index (χ1n) is 7.77. The molecule has 0 heterocycles. The normalized spacial score (nSPS) is 16.9. The largest absolute Gasteiger partial charge is 0.382 e. The standard InChI is InChI=1S/C17H26N2O/c1-4-17(20)19-16-11-7-10-15(12(16)2)18-13(3)14-8-5-6-9-14/h7,10-11,13-14,18H,4-6,8-9H2,1-3H3,(H,19,20). The van der Waals surface area contributed by atoms with Gasteiger partial charge < -0.3 is 10.6 Å². The summed E-state index contributed by atoms with van der Waals surface area (Å²) in [5, 5.41) is 6.60. The van der Waals surface area contributed by atoms with E-state index in [0.29, 0.717) is 12.5 Å². The van der Waals surface area contributed by atoms with Crippen LogP contribution in [0.3, 0.4) is 0 Å². The van der Waals surface area contributed by atoms with Crippen LogP contribution in [0.1, 0.15) is 51.5 Å². The first-order chi connectivity index (χ1) is 9.61. The van der Waals surface area contributed by atoms with E-state index < -0.39 is 0 Å². The number of amides is 1. The first kappa shape index (κ1) is 14.9. The molecule has 1 amide bonds. The molecule has 1 unspecified atom stereocenters. The van der Waals surface area contributed by atoms with Crippen molar-refractivity contribution in [1.82, 2.24) is 0 Å². The molecule has 1 aromatic carbocycles. The Kier molecular flexibility index (Phi) is 5.05. The van der Waals surface area contributed by atoms with Crippen LogP contribution in [0.5, 0.6) is 0 Å². The number of hydrogen-bond acceptors (Lipinski definition) is 2. The lowest BCUT2D eigenvalue weighted by atomic mass is 9.99. The molecular formula is C17H26N2O. The van der Waals surface area contributed by atoms with Gasteiger partial charge in [0.25, 0.3) is 0 Å². The van der Waals surface area contributed by atoms with Crippen LogP contribution in [-0.4, -0.2) is 11.9 Å². The highest BCUT2D eigenvalue weighted by Crippen LogP contribution is 2.31. The van der Waals surface area contributed by atoms with Gasteiger partial charge in [-0.3, -0.25) is 4.79 Å². The van der Waals surface area contributed by atoms with Gasteiger partial charge in [-0.15, -0.1) is 0 Å². The molecule has 0 spiro atoms. The summed E-state index contributed by atoms with van der Waals surface area (Å²) in [6.07, 6.45) is 5.90. The smallest absolute Gasteiger partial charge is 0.224 e. The molecule has 1 saturated carbocycles. The van der Waals surface area contributed by atoms with Gasteiger partial charge in [0, 0.05) is 23.8 Å². The van der Waals surface area contributed by atoms with Crippen molar-refractivity contribution in [3.05, 3.63) is 23.8 Å². The van der Waals surface area contributed by atoms with Crippen molar-refractivity contribution in [3.8, 4) is 0 Å². The Morgan fingerprint density at radius 1 is 1.30 bits per heavy atom. The molecule has 1 atom stereocenters. The molecule has 0 radical (unpaired) electrons. The summed E-state index contributed by atoms with van der Waals surface area (Å²) in [7, 11) is 0. The van der Waals surface area contributed by atoms with E-state index in [-0.39, 0.29) is 5.91 Å². The molecule has 2 N–H and O–H groups in total. The van der Waals surface area contributed by atoms with Crippen LogP contribution in [0, 0.1) is 12.8 Å². The van der Waals surface area contributed by atoms with Crippen LogP contribution in [0.15, 0.2) is 18.2 Å². The van der Waals surface area contributed by atoms with Crippen LogP contribution in [0.4, 0.5) is 11.4 Å². The first-order valence-corrected chi connectivity index (χ1v) is 7.77. The zero-order valence-electron chi connectivity index (χ0n) is 12.8. The minimum absolute atomic E-state index is 0.0640. The van der Waals surface area contributed by atoms with E-state index >= 15 is 0 Å². The summed E-state index contributed by atoms with van der Waals surface area (Å²) in [6.45, 7) is 6.20. The van der Waals surface area contributed by atoms with Crippen LogP contribution in [0.25, 0.3) is 0 Å². The summed E-state index contributed by atoms with van der Waals surface area (Å²) < 4.78 is 0. The maximum Gasteiger partial charge on any atom is 0.224 e. The van der Waals surface area contributed by atoms with Gasteiger partial charge in [0.15, 0.2) is 0 Å². The fourth-order valence-electron chi connectivity index (χ4n) is 2.99. The Morgan fingerprint density at radius 2 is 1.95 bits per heavy atom. The molecule has 0 bridgehead atoms. The lowest BCUT2D eigenvalue weighted by Gasteiger charge is -2.23. The number of anilines is 2. The molecule has 2 rings (SSSR count). The lowest BCUT2D eigenvalue weighted by Crippen LogP contribution is -2.24. The van der Waals surface area contributed by atoms with Gasteiger partial charge in [0.05, 0.1) is 0 Å². The summed E-state index contributed by atoms with van der Waals surface area (Å²) in [4.78, 5) is 11.5. The fourth-order valence-corrected chi connectivity index (χ4v) is 2.99. The molecule has 3 nitrogen and oxygen atoms in total. The predicted molar refractivity (Wildman–Crippen MR) is 85.1 cm³/mol. The second-order valence-corrected chi connectivity index (χ2v) is 5.86. The van der Waals surface area contributed by atoms with Gasteiger partial charge in [-0.1, -0.05) is 25.8 Å². The minimum atomic E-state index is 0.0640. The average Bonchev–Trinajstić information content (AvgIpc) is 2.97. The van der Waals surface area contributed by atoms with Crippen molar-refractivity contribution >= 4 is 17.3 Å². The van der Waals surface area contributed by atoms with Crippen molar-refractivity contribution in [2.45, 2.75) is 58.9 Å². The highest BCUT2D eigenvalue weighted by molar-refractivity contribution is 5.92. The molecule has 1 aliphatic rings. The quantitative estimate of drug-likeness (QED) is 0.839. The summed E-state index contributed by atoms with van der Waals surface area (Å²) >= 11 is 0. The van der Waals surface area contributed by atoms with Gasteiger partial charge in [0.1, 0.15) is 0 Å². The van der Waals surface area contributed by atoms with Gasteiger partial charge in [0.2, 0.25) is 5.91 Å². The minimum Gasteiger partial charge on any atom is -0.382 e. The Morgan fingerprint density at radius 3 is 2.60 bits per heavy atom. The molecule has 0 aromatic heterocycles. The maximum absolute atomic E-state index is 11.5. The Bertz CT molecular complexity index is 464. The average molecular weight is 274 g/mol. The van der Waals surface area contributed by atoms with Crippen LogP contribution < -0.4 is 10.6 Å². The highest BCUT2D eigenvalue weighted by Gasteiger charge is 2.21. The molecule has 3 heteroatoms. The van der Waals surface area contributed by atoms with E-state index in [0.717, 1.165) is 22.9 Å². The zero-order chi connectivity index (χ0) is 14.5. The third-order valence-corrected chi connectivity index (χ3v) is 4.42. The van der Waals surface area contributed by atoms with Gasteiger partial charge in [-0.05, 0) is 50.3 Å². The zero-order valence-corrected chi connectivity index (χ0v) is 12.8. The lowest BCUT2D eigenvalue weighted by molar-refractivity contribution is -0.115. The molecule has 1 aliphatic carbocycles. The number of rotatable bonds is 5. The summed E-state index contributed by atoms with van der Waals surface area (Å²) in [5.74, 6) is 0.845. The summed E-state index contributed by atoms with van der Waals surface area (Å²) in [6, 6.07) is 6.56. The van der Waals surface area contributed by atoms with Crippen molar-refractivity contribution in [1.29, 1.82) is 0 Å². The van der Waals surface area contributed by atoms with Crippen LogP contribution >= 0.6 is 0 Å². The molecular weight excluding hydrogens is 248 g/mol. The van der Waals surface area contributed by atoms with E-state index in [1.54, 1.807) is 0 Å². The van der Waals surface area contributed by atoms with E-state index in [4.69, 9.17) is 0 Å². The molecule has 20 heavy (non-hydrogen) atoms. The van der Waals surface area contributed by atoms with Crippen LogP contribution in [-0.2, 0) is 4.79 Å². The Balaban J connectivity index is 2.07. The Hall–Kier alpha value is -1.51. The molecule has 1 fully saturated rings. The number of nitrogens with one attached hydrogen (secondary N) is 2. The second-order valence-electron chi connectivity index (χ2n) is 5.86. The number of carbonyl (C=O) groups is 1. The van der Waals surface area contributed by atoms with Gasteiger partial charge >= 0.3 is 0 Å². The van der Waals surface area contributed by atoms with Crippen molar-refractivity contribution in [2.75, 3.05) is 10.6 Å². The SMILES string of the molecule is CCC(=O)Nc1cccc(NC(C)C2CCCC2)c1C. The van der Waals surface area contributed by atoms with E-state index in [1.165, 1.54) is 25.7 Å². The van der Waals surface area contributed by atoms with Gasteiger partial charge in [-0.25, -0.2) is 0 Å². The summed E-state index contributed by atoms with van der Waals surface area (Å²) in [5.41, 5.74) is 3.18. The highest BCUT2D eigenvalue weighted by atomic mass is 16.1. The Labute approximate surface area is 122 Å². The van der Waals surface area contributed by atoms with Crippen molar-refractivity contribution < 1.29 is 4.79 Å². The topological polar surface area (TPSA) is 41.1 Å². The monoisotopic (exact) mass is 274 g/mol. The van der Waals surface area contributed by atoms with E-state index in [2.05, 4.69) is 30.5 Å². The molecule has 1 aromatic rings. The molecule has 110 valence electrons. The second kappa shape index (κ2) is 6.78. The van der Waals surface area contributed by atoms with Crippen LogP contribution in [0.2, 0.25) is 0 Å². The number of hydrogen-bond donors (Lipinski definition) is 2. The van der Waals surface area contributed by atoms with Crippen molar-refractivity contribution in [2.24, 2.45) is 5.92 Å². The third kappa shape index (κ3) is 3.53. The number of carbonyl (C=O) groups excluding carboxylic acids is 1. The van der Waals surface area contributed by atoms with E-state index in [1.807, 2.05) is 19.1 Å². The number of benzene rings is 1. The molecule has 0 saturated heterocycles. The third-order valence-electron chi connectivity index (χ3n) is 4.42.